The zero-order valence-corrected chi connectivity index (χ0v) is 17.2. The molecular weight excluding hydrogens is 394 g/mol. The number of nitrogens with one attached hydrogen (secondary N) is 1. The predicted octanol–water partition coefficient (Wildman–Crippen LogP) is 4.11. The van der Waals surface area contributed by atoms with Crippen LogP contribution in [0.2, 0.25) is 0 Å². The number of hydrogen-bond donors (Lipinski definition) is 2. The highest BCUT2D eigenvalue weighted by atomic mass is 32.2. The summed E-state index contributed by atoms with van der Waals surface area (Å²) in [6.07, 6.45) is 0.488. The number of thiazole rings is 1. The number of amides is 1. The first-order valence-electron chi connectivity index (χ1n) is 8.71. The van der Waals surface area contributed by atoms with Crippen LogP contribution in [0.3, 0.4) is 0 Å². The molecule has 2 aromatic carbocycles. The topological polar surface area (TPSA) is 102 Å². The number of benzene rings is 2. The lowest BCUT2D eigenvalue weighted by Crippen LogP contribution is -2.13. The molecule has 0 bridgehead atoms. The van der Waals surface area contributed by atoms with Crippen molar-refractivity contribution in [3.63, 3.8) is 0 Å². The van der Waals surface area contributed by atoms with Gasteiger partial charge < -0.3 is 5.32 Å². The molecule has 0 aliphatic rings. The van der Waals surface area contributed by atoms with Crippen molar-refractivity contribution < 1.29 is 13.2 Å². The molecule has 8 heteroatoms. The largest absolute Gasteiger partial charge is 0.326 e. The van der Waals surface area contributed by atoms with Crippen molar-refractivity contribution in [3.05, 3.63) is 53.9 Å². The Balaban J connectivity index is 1.74. The molecule has 1 aromatic heterocycles. The Labute approximate surface area is 168 Å². The van der Waals surface area contributed by atoms with Crippen molar-refractivity contribution >= 4 is 33.0 Å². The van der Waals surface area contributed by atoms with Crippen LogP contribution in [0, 0.1) is 5.92 Å². The van der Waals surface area contributed by atoms with Gasteiger partial charge in [0, 0.05) is 28.6 Å². The maximum absolute atomic E-state index is 11.9. The Morgan fingerprint density at radius 2 is 1.68 bits per heavy atom. The first-order chi connectivity index (χ1) is 13.2. The third kappa shape index (κ3) is 5.03. The van der Waals surface area contributed by atoms with E-state index in [4.69, 9.17) is 5.14 Å². The van der Waals surface area contributed by atoms with Crippen LogP contribution < -0.4 is 10.5 Å². The molecular formula is C20H21N3O3S2. The molecule has 1 heterocycles. The molecule has 6 nitrogen and oxygen atoms in total. The van der Waals surface area contributed by atoms with E-state index in [9.17, 15) is 13.2 Å². The molecule has 0 aliphatic heterocycles. The van der Waals surface area contributed by atoms with Crippen LogP contribution in [-0.4, -0.2) is 19.3 Å². The number of aromatic nitrogens is 1. The highest BCUT2D eigenvalue weighted by Crippen LogP contribution is 2.30. The minimum absolute atomic E-state index is 0.00151. The van der Waals surface area contributed by atoms with Crippen LogP contribution in [0.25, 0.3) is 21.8 Å². The summed E-state index contributed by atoms with van der Waals surface area (Å²) in [4.78, 5) is 16.6. The Morgan fingerprint density at radius 1 is 1.07 bits per heavy atom. The van der Waals surface area contributed by atoms with Crippen molar-refractivity contribution in [1.29, 1.82) is 0 Å². The first-order valence-corrected chi connectivity index (χ1v) is 11.1. The standard InChI is InChI=1S/C20H21N3O3S2/c1-13(2)11-19(24)22-16-7-3-14(4-8-16)18-12-27-20(23-18)15-5-9-17(10-6-15)28(21,25)26/h3-10,12-13H,11H2,1-2H3,(H,22,24)(H2,21,25,26). The Hall–Kier alpha value is -2.55. The van der Waals surface area contributed by atoms with E-state index >= 15 is 0 Å². The van der Waals surface area contributed by atoms with E-state index in [2.05, 4.69) is 10.3 Å². The zero-order chi connectivity index (χ0) is 20.3. The monoisotopic (exact) mass is 415 g/mol. The number of primary sulfonamides is 1. The molecule has 3 N–H and O–H groups in total. The number of sulfonamides is 1. The van der Waals surface area contributed by atoms with Gasteiger partial charge in [-0.05, 0) is 30.2 Å². The van der Waals surface area contributed by atoms with Gasteiger partial charge in [-0.25, -0.2) is 18.5 Å². The Morgan fingerprint density at radius 3 is 2.25 bits per heavy atom. The van der Waals surface area contributed by atoms with E-state index in [1.165, 1.54) is 23.5 Å². The SMILES string of the molecule is CC(C)CC(=O)Nc1ccc(-c2csc(-c3ccc(S(N)(=O)=O)cc3)n2)cc1. The number of nitrogens with zero attached hydrogens (tertiary/aromatic N) is 1. The van der Waals surface area contributed by atoms with E-state index in [1.807, 2.05) is 43.5 Å². The van der Waals surface area contributed by atoms with Crippen molar-refractivity contribution in [1.82, 2.24) is 4.98 Å². The average Bonchev–Trinajstić information content (AvgIpc) is 3.11. The summed E-state index contributed by atoms with van der Waals surface area (Å²) in [5.41, 5.74) is 3.32. The van der Waals surface area contributed by atoms with Crippen LogP contribution >= 0.6 is 11.3 Å². The van der Waals surface area contributed by atoms with Crippen LogP contribution in [-0.2, 0) is 14.8 Å². The van der Waals surface area contributed by atoms with E-state index in [0.717, 1.165) is 27.5 Å². The fraction of sp³-hybridized carbons (Fsp3) is 0.200. The van der Waals surface area contributed by atoms with Crippen molar-refractivity contribution in [2.24, 2.45) is 11.1 Å². The predicted molar refractivity (Wildman–Crippen MR) is 112 cm³/mol. The summed E-state index contributed by atoms with van der Waals surface area (Å²) >= 11 is 1.47. The van der Waals surface area contributed by atoms with Crippen molar-refractivity contribution in [2.75, 3.05) is 5.32 Å². The summed E-state index contributed by atoms with van der Waals surface area (Å²) in [5, 5.41) is 10.7. The number of carbonyl (C=O) groups excluding carboxylic acids is 1. The molecule has 146 valence electrons. The minimum atomic E-state index is -3.71. The normalized spacial score (nSPS) is 11.6. The van der Waals surface area contributed by atoms with Gasteiger partial charge in [0.25, 0.3) is 0 Å². The summed E-state index contributed by atoms with van der Waals surface area (Å²) in [6, 6.07) is 13.9. The molecule has 0 atom stereocenters. The third-order valence-corrected chi connectivity index (χ3v) is 5.81. The second-order valence-electron chi connectivity index (χ2n) is 6.83. The quantitative estimate of drug-likeness (QED) is 0.632. The Bertz CT molecular complexity index is 1070. The minimum Gasteiger partial charge on any atom is -0.326 e. The van der Waals surface area contributed by atoms with Gasteiger partial charge in [-0.2, -0.15) is 0 Å². The van der Waals surface area contributed by atoms with E-state index in [0.29, 0.717) is 12.3 Å². The molecule has 0 saturated heterocycles. The van der Waals surface area contributed by atoms with Gasteiger partial charge in [0.1, 0.15) is 5.01 Å². The van der Waals surface area contributed by atoms with Gasteiger partial charge in [-0.3, -0.25) is 4.79 Å². The first kappa shape index (κ1) is 20.2. The van der Waals surface area contributed by atoms with Crippen LogP contribution in [0.5, 0.6) is 0 Å². The molecule has 3 aromatic rings. The summed E-state index contributed by atoms with van der Waals surface area (Å²) < 4.78 is 22.7. The second-order valence-corrected chi connectivity index (χ2v) is 9.25. The number of carbonyl (C=O) groups is 1. The van der Waals surface area contributed by atoms with Crippen molar-refractivity contribution in [3.8, 4) is 21.8 Å². The van der Waals surface area contributed by atoms with E-state index in [-0.39, 0.29) is 10.8 Å². The number of nitrogens with two attached hydrogens (primary N) is 1. The molecule has 28 heavy (non-hydrogen) atoms. The zero-order valence-electron chi connectivity index (χ0n) is 15.5. The van der Waals surface area contributed by atoms with Gasteiger partial charge in [-0.15, -0.1) is 11.3 Å². The lowest BCUT2D eigenvalue weighted by Gasteiger charge is -2.07. The molecule has 1 amide bonds. The highest BCUT2D eigenvalue weighted by molar-refractivity contribution is 7.89. The molecule has 0 spiro atoms. The van der Waals surface area contributed by atoms with Crippen LogP contribution in [0.15, 0.2) is 58.8 Å². The lowest BCUT2D eigenvalue weighted by molar-refractivity contribution is -0.116. The number of rotatable bonds is 6. The molecule has 0 fully saturated rings. The molecule has 0 saturated carbocycles. The molecule has 0 unspecified atom stereocenters. The summed E-state index contributed by atoms with van der Waals surface area (Å²) in [6.45, 7) is 4.01. The fourth-order valence-electron chi connectivity index (χ4n) is 2.63. The van der Waals surface area contributed by atoms with Gasteiger partial charge in [0.2, 0.25) is 15.9 Å². The molecule has 0 aliphatic carbocycles. The van der Waals surface area contributed by atoms with Gasteiger partial charge in [-0.1, -0.05) is 38.1 Å². The highest BCUT2D eigenvalue weighted by Gasteiger charge is 2.11. The van der Waals surface area contributed by atoms with Gasteiger partial charge >= 0.3 is 0 Å². The maximum atomic E-state index is 11.9. The van der Waals surface area contributed by atoms with E-state index in [1.54, 1.807) is 12.1 Å². The summed E-state index contributed by atoms with van der Waals surface area (Å²) in [5.74, 6) is 0.313. The van der Waals surface area contributed by atoms with E-state index < -0.39 is 10.0 Å². The number of hydrogen-bond acceptors (Lipinski definition) is 5. The fourth-order valence-corrected chi connectivity index (χ4v) is 3.98. The second kappa shape index (κ2) is 8.22. The molecule has 0 radical (unpaired) electrons. The average molecular weight is 416 g/mol. The van der Waals surface area contributed by atoms with Crippen LogP contribution in [0.1, 0.15) is 20.3 Å². The van der Waals surface area contributed by atoms with Gasteiger partial charge in [0.15, 0.2) is 0 Å². The van der Waals surface area contributed by atoms with Gasteiger partial charge in [0.05, 0.1) is 10.6 Å². The van der Waals surface area contributed by atoms with Crippen LogP contribution in [0.4, 0.5) is 5.69 Å². The Kier molecular flexibility index (Phi) is 5.93. The number of anilines is 1. The lowest BCUT2D eigenvalue weighted by atomic mass is 10.1. The van der Waals surface area contributed by atoms with Crippen molar-refractivity contribution in [2.45, 2.75) is 25.2 Å². The molecule has 3 rings (SSSR count). The summed E-state index contributed by atoms with van der Waals surface area (Å²) in [7, 11) is -3.71. The smallest absolute Gasteiger partial charge is 0.238 e. The third-order valence-electron chi connectivity index (χ3n) is 3.99. The maximum Gasteiger partial charge on any atom is 0.238 e.